The fraction of sp³-hybridized carbons (Fsp3) is 0.667. The van der Waals surface area contributed by atoms with E-state index in [0.29, 0.717) is 18.7 Å². The van der Waals surface area contributed by atoms with Gasteiger partial charge in [-0.3, -0.25) is 9.48 Å². The maximum Gasteiger partial charge on any atom is 0.409 e. The largest absolute Gasteiger partial charge is 0.444 e. The Hall–Kier alpha value is -2.05. The van der Waals surface area contributed by atoms with Crippen molar-refractivity contribution in [3.05, 3.63) is 17.5 Å². The third-order valence-electron chi connectivity index (χ3n) is 3.77. The first-order chi connectivity index (χ1) is 10.4. The lowest BCUT2D eigenvalue weighted by molar-refractivity contribution is 0.0251. The molecule has 122 valence electrons. The topological polar surface area (TPSA) is 67.7 Å². The summed E-state index contributed by atoms with van der Waals surface area (Å²) in [6.07, 6.45) is 3.49. The van der Waals surface area contributed by atoms with Crippen molar-refractivity contribution < 1.29 is 14.3 Å². The van der Waals surface area contributed by atoms with Gasteiger partial charge < -0.3 is 14.5 Å². The molecule has 0 bridgehead atoms. The predicted octanol–water partition coefficient (Wildman–Crippen LogP) is 1.29. The highest BCUT2D eigenvalue weighted by atomic mass is 16.6. The number of aryl methyl sites for hydroxylation is 2. The van der Waals surface area contributed by atoms with Gasteiger partial charge in [0.25, 0.3) is 5.91 Å². The van der Waals surface area contributed by atoms with Crippen LogP contribution in [0.1, 0.15) is 35.8 Å². The van der Waals surface area contributed by atoms with Gasteiger partial charge in [-0.05, 0) is 19.3 Å². The third kappa shape index (κ3) is 3.58. The molecular formula is C15H24N4O3. The molecule has 2 amide bonds. The minimum atomic E-state index is -0.366. The van der Waals surface area contributed by atoms with E-state index >= 15 is 0 Å². The monoisotopic (exact) mass is 308 g/mol. The Morgan fingerprint density at radius 2 is 2.18 bits per heavy atom. The van der Waals surface area contributed by atoms with Crippen molar-refractivity contribution in [1.29, 1.82) is 0 Å². The molecule has 1 aromatic rings. The first-order valence-electron chi connectivity index (χ1n) is 7.62. The van der Waals surface area contributed by atoms with Gasteiger partial charge in [-0.15, -0.1) is 0 Å². The van der Waals surface area contributed by atoms with Crippen LogP contribution in [0.5, 0.6) is 0 Å². The molecule has 0 radical (unpaired) electrons. The molecule has 1 saturated heterocycles. The van der Waals surface area contributed by atoms with Gasteiger partial charge in [0.15, 0.2) is 0 Å². The Balaban J connectivity index is 2.05. The highest BCUT2D eigenvalue weighted by Gasteiger charge is 2.29. The van der Waals surface area contributed by atoms with E-state index in [9.17, 15) is 9.59 Å². The maximum absolute atomic E-state index is 12.7. The Morgan fingerprint density at radius 1 is 1.45 bits per heavy atom. The summed E-state index contributed by atoms with van der Waals surface area (Å²) >= 11 is 0. The number of carbonyl (C=O) groups excluding carboxylic acids is 2. The van der Waals surface area contributed by atoms with Crippen LogP contribution in [0.3, 0.4) is 0 Å². The standard InChI is InChI=1S/C15H24N4O3/c1-5-13-12(10-18(4)16-13)14(20)19-8-6-7-11(9-19)22-15(21)17(2)3/h10-11H,5-9H2,1-4H3/t11-/m0/s1. The first-order valence-corrected chi connectivity index (χ1v) is 7.62. The summed E-state index contributed by atoms with van der Waals surface area (Å²) in [4.78, 5) is 27.5. The van der Waals surface area contributed by atoms with E-state index in [1.165, 1.54) is 4.90 Å². The van der Waals surface area contributed by atoms with E-state index in [0.717, 1.165) is 25.0 Å². The van der Waals surface area contributed by atoms with Gasteiger partial charge in [0.2, 0.25) is 0 Å². The summed E-state index contributed by atoms with van der Waals surface area (Å²) in [5.74, 6) is -0.0319. The zero-order valence-electron chi connectivity index (χ0n) is 13.7. The van der Waals surface area contributed by atoms with Gasteiger partial charge in [0, 0.05) is 33.9 Å². The molecule has 1 aliphatic rings. The van der Waals surface area contributed by atoms with Crippen LogP contribution in [0.4, 0.5) is 4.79 Å². The van der Waals surface area contributed by atoms with Gasteiger partial charge in [0.1, 0.15) is 6.10 Å². The second-order valence-electron chi connectivity index (χ2n) is 5.81. The fourth-order valence-corrected chi connectivity index (χ4v) is 2.61. The molecule has 7 nitrogen and oxygen atoms in total. The number of carbonyl (C=O) groups is 2. The van der Waals surface area contributed by atoms with Gasteiger partial charge in [-0.1, -0.05) is 6.92 Å². The van der Waals surface area contributed by atoms with Gasteiger partial charge in [0.05, 0.1) is 17.8 Å². The summed E-state index contributed by atoms with van der Waals surface area (Å²) in [6, 6.07) is 0. The first kappa shape index (κ1) is 16.3. The summed E-state index contributed by atoms with van der Waals surface area (Å²) in [5, 5.41) is 4.31. The predicted molar refractivity (Wildman–Crippen MR) is 81.7 cm³/mol. The lowest BCUT2D eigenvalue weighted by Gasteiger charge is -2.32. The maximum atomic E-state index is 12.7. The van der Waals surface area contributed by atoms with Crippen LogP contribution in [0.2, 0.25) is 0 Å². The molecule has 0 saturated carbocycles. The van der Waals surface area contributed by atoms with E-state index in [1.807, 2.05) is 14.0 Å². The van der Waals surface area contributed by atoms with Crippen LogP contribution in [0.15, 0.2) is 6.20 Å². The molecular weight excluding hydrogens is 284 g/mol. The Kier molecular flexibility index (Phi) is 5.05. The highest BCUT2D eigenvalue weighted by molar-refractivity contribution is 5.95. The molecule has 2 rings (SSSR count). The summed E-state index contributed by atoms with van der Waals surface area (Å²) in [6.45, 7) is 3.11. The number of likely N-dealkylation sites (tertiary alicyclic amines) is 1. The average molecular weight is 308 g/mol. The van der Waals surface area contributed by atoms with Crippen molar-refractivity contribution in [3.63, 3.8) is 0 Å². The SMILES string of the molecule is CCc1nn(C)cc1C(=O)N1CCC[C@H](OC(=O)N(C)C)C1. The second kappa shape index (κ2) is 6.81. The van der Waals surface area contributed by atoms with E-state index in [4.69, 9.17) is 4.74 Å². The average Bonchev–Trinajstić information content (AvgIpc) is 2.87. The van der Waals surface area contributed by atoms with E-state index in [1.54, 1.807) is 29.9 Å². The molecule has 1 aromatic heterocycles. The highest BCUT2D eigenvalue weighted by Crippen LogP contribution is 2.18. The molecule has 0 spiro atoms. The molecule has 2 heterocycles. The second-order valence-corrected chi connectivity index (χ2v) is 5.81. The molecule has 22 heavy (non-hydrogen) atoms. The van der Waals surface area contributed by atoms with Gasteiger partial charge in [-0.25, -0.2) is 4.79 Å². The fourth-order valence-electron chi connectivity index (χ4n) is 2.61. The summed E-state index contributed by atoms with van der Waals surface area (Å²) in [7, 11) is 5.11. The Morgan fingerprint density at radius 3 is 2.82 bits per heavy atom. The summed E-state index contributed by atoms with van der Waals surface area (Å²) < 4.78 is 7.07. The van der Waals surface area contributed by atoms with Crippen LogP contribution in [-0.2, 0) is 18.2 Å². The van der Waals surface area contributed by atoms with Crippen molar-refractivity contribution in [1.82, 2.24) is 19.6 Å². The summed E-state index contributed by atoms with van der Waals surface area (Å²) in [5.41, 5.74) is 1.45. The van der Waals surface area contributed by atoms with Gasteiger partial charge in [-0.2, -0.15) is 5.10 Å². The molecule has 1 fully saturated rings. The molecule has 7 heteroatoms. The van der Waals surface area contributed by atoms with Gasteiger partial charge >= 0.3 is 6.09 Å². The molecule has 0 aliphatic carbocycles. The number of hydrogen-bond acceptors (Lipinski definition) is 4. The van der Waals surface area contributed by atoms with Crippen molar-refractivity contribution in [3.8, 4) is 0 Å². The number of piperidine rings is 1. The van der Waals surface area contributed by atoms with Crippen LogP contribution in [0.25, 0.3) is 0 Å². The molecule has 0 aromatic carbocycles. The van der Waals surface area contributed by atoms with Crippen LogP contribution < -0.4 is 0 Å². The lowest BCUT2D eigenvalue weighted by atomic mass is 10.1. The van der Waals surface area contributed by atoms with Crippen molar-refractivity contribution >= 4 is 12.0 Å². The van der Waals surface area contributed by atoms with Crippen molar-refractivity contribution in [2.45, 2.75) is 32.3 Å². The molecule has 1 aliphatic heterocycles. The quantitative estimate of drug-likeness (QED) is 0.844. The zero-order valence-corrected chi connectivity index (χ0v) is 13.7. The van der Waals surface area contributed by atoms with Crippen LogP contribution in [-0.4, -0.2) is 64.9 Å². The minimum Gasteiger partial charge on any atom is -0.444 e. The van der Waals surface area contributed by atoms with Crippen molar-refractivity contribution in [2.75, 3.05) is 27.2 Å². The Bertz CT molecular complexity index is 553. The van der Waals surface area contributed by atoms with E-state index in [2.05, 4.69) is 5.10 Å². The number of ether oxygens (including phenoxy) is 1. The van der Waals surface area contributed by atoms with Crippen molar-refractivity contribution in [2.24, 2.45) is 7.05 Å². The Labute approximate surface area is 130 Å². The third-order valence-corrected chi connectivity index (χ3v) is 3.77. The number of aromatic nitrogens is 2. The number of rotatable bonds is 3. The number of nitrogens with zero attached hydrogens (tertiary/aromatic N) is 4. The van der Waals surface area contributed by atoms with Crippen LogP contribution in [0, 0.1) is 0 Å². The normalized spacial score (nSPS) is 18.2. The molecule has 0 N–H and O–H groups in total. The lowest BCUT2D eigenvalue weighted by Crippen LogP contribution is -2.45. The van der Waals surface area contributed by atoms with E-state index < -0.39 is 0 Å². The molecule has 0 unspecified atom stereocenters. The zero-order chi connectivity index (χ0) is 16.3. The minimum absolute atomic E-state index is 0.0319. The van der Waals surface area contributed by atoms with Crippen LogP contribution >= 0.6 is 0 Å². The molecule has 1 atom stereocenters. The van der Waals surface area contributed by atoms with E-state index in [-0.39, 0.29) is 18.1 Å². The number of amides is 2. The smallest absolute Gasteiger partial charge is 0.409 e. The number of hydrogen-bond donors (Lipinski definition) is 0.